The van der Waals surface area contributed by atoms with Gasteiger partial charge in [0.25, 0.3) is 0 Å². The predicted octanol–water partition coefficient (Wildman–Crippen LogP) is 7.58. The van der Waals surface area contributed by atoms with Crippen LogP contribution in [0.2, 0.25) is 0 Å². The first kappa shape index (κ1) is 26.3. The topological polar surface area (TPSA) is 55.4 Å². The summed E-state index contributed by atoms with van der Waals surface area (Å²) in [6.45, 7) is 13.6. The second kappa shape index (κ2) is 12.4. The molecule has 6 nitrogen and oxygen atoms in total. The Labute approximate surface area is 196 Å². The normalized spacial score (nSPS) is 26.4. The molecule has 182 valence electrons. The fraction of sp³-hybridized carbons (Fsp3) is 0.750. The Balaban J connectivity index is 1.38. The Hall–Kier alpha value is -0.320. The first-order valence-corrected chi connectivity index (χ1v) is 14.0. The molecule has 2 heterocycles. The third-order valence-electron chi connectivity index (χ3n) is 5.72. The molecule has 2 aliphatic rings. The Morgan fingerprint density at radius 3 is 2.09 bits per heavy atom. The number of hydrogen-bond donors (Lipinski definition) is 0. The van der Waals surface area contributed by atoms with Gasteiger partial charge in [0.15, 0.2) is 0 Å². The van der Waals surface area contributed by atoms with Crippen molar-refractivity contribution in [2.75, 3.05) is 33.0 Å². The van der Waals surface area contributed by atoms with Crippen molar-refractivity contribution in [2.24, 2.45) is 5.41 Å². The quantitative estimate of drug-likeness (QED) is 0.251. The average Bonchev–Trinajstić information content (AvgIpc) is 2.77. The van der Waals surface area contributed by atoms with Crippen molar-refractivity contribution >= 4 is 17.2 Å². The van der Waals surface area contributed by atoms with Gasteiger partial charge in [0.05, 0.1) is 38.4 Å². The molecular weight excluding hydrogens is 446 g/mol. The van der Waals surface area contributed by atoms with Crippen molar-refractivity contribution in [3.05, 3.63) is 29.3 Å². The van der Waals surface area contributed by atoms with Gasteiger partial charge in [-0.05, 0) is 24.8 Å². The Morgan fingerprint density at radius 1 is 0.875 bits per heavy atom. The molecule has 0 N–H and O–H groups in total. The number of hydrogen-bond acceptors (Lipinski definition) is 6. The summed E-state index contributed by atoms with van der Waals surface area (Å²) in [6.07, 6.45) is 7.45. The molecule has 0 saturated carbocycles. The van der Waals surface area contributed by atoms with E-state index in [-0.39, 0.29) is 10.8 Å². The molecular formula is C24H40O6P2. The van der Waals surface area contributed by atoms with Crippen LogP contribution in [0.4, 0.5) is 0 Å². The molecule has 0 atom stereocenters. The van der Waals surface area contributed by atoms with Crippen molar-refractivity contribution in [2.45, 2.75) is 78.6 Å². The lowest BCUT2D eigenvalue weighted by Gasteiger charge is -2.41. The summed E-state index contributed by atoms with van der Waals surface area (Å²) in [6, 6.07) is 6.24. The fourth-order valence-electron chi connectivity index (χ4n) is 3.62. The number of benzene rings is 1. The van der Waals surface area contributed by atoms with Gasteiger partial charge in [-0.25, -0.2) is 0 Å². The molecule has 1 aromatic rings. The average molecular weight is 487 g/mol. The molecule has 0 amide bonds. The zero-order valence-electron chi connectivity index (χ0n) is 20.4. The molecule has 2 saturated heterocycles. The van der Waals surface area contributed by atoms with Crippen molar-refractivity contribution in [1.29, 1.82) is 0 Å². The van der Waals surface area contributed by atoms with Crippen molar-refractivity contribution in [1.82, 2.24) is 0 Å². The molecule has 3 rings (SSSR count). The van der Waals surface area contributed by atoms with Gasteiger partial charge in [-0.15, -0.1) is 0 Å². The van der Waals surface area contributed by atoms with Gasteiger partial charge in [-0.3, -0.25) is 0 Å². The Morgan fingerprint density at radius 2 is 1.47 bits per heavy atom. The van der Waals surface area contributed by atoms with Gasteiger partial charge in [0.1, 0.15) is 5.75 Å². The Bertz CT molecular complexity index is 690. The molecule has 1 spiro atoms. The van der Waals surface area contributed by atoms with Gasteiger partial charge < -0.3 is 27.1 Å². The summed E-state index contributed by atoms with van der Waals surface area (Å²) in [7, 11) is -2.70. The van der Waals surface area contributed by atoms with Gasteiger partial charge in [-0.1, -0.05) is 77.5 Å². The molecule has 8 heteroatoms. The number of aryl methyl sites for hydroxylation is 1. The standard InChI is InChI=1S/C24H40O6P2/c1-6-7-8-9-10-11-14-25-31-26-16-24(17-27-31)18-28-32(29-19-24)30-22-13-12-20(2)15-21(22)23(3,4)5/h12-13,15H,6-11,14,16-19H2,1-5H3. The van der Waals surface area contributed by atoms with Gasteiger partial charge >= 0.3 is 17.2 Å². The summed E-state index contributed by atoms with van der Waals surface area (Å²) in [5, 5.41) is 0. The van der Waals surface area contributed by atoms with E-state index in [1.54, 1.807) is 0 Å². The van der Waals surface area contributed by atoms with Crippen LogP contribution in [0.5, 0.6) is 5.75 Å². The predicted molar refractivity (Wildman–Crippen MR) is 130 cm³/mol. The second-order valence-electron chi connectivity index (χ2n) is 9.98. The van der Waals surface area contributed by atoms with Crippen LogP contribution in [0.15, 0.2) is 18.2 Å². The molecule has 32 heavy (non-hydrogen) atoms. The zero-order chi connectivity index (χ0) is 23.0. The lowest BCUT2D eigenvalue weighted by atomic mass is 9.85. The first-order valence-electron chi connectivity index (χ1n) is 11.9. The van der Waals surface area contributed by atoms with Crippen LogP contribution in [0.1, 0.15) is 77.3 Å². The lowest BCUT2D eigenvalue weighted by Crippen LogP contribution is -2.45. The monoisotopic (exact) mass is 486 g/mol. The van der Waals surface area contributed by atoms with Crippen molar-refractivity contribution in [3.8, 4) is 5.75 Å². The molecule has 0 unspecified atom stereocenters. The third kappa shape index (κ3) is 7.87. The van der Waals surface area contributed by atoms with Gasteiger partial charge in [0.2, 0.25) is 0 Å². The molecule has 0 radical (unpaired) electrons. The SMILES string of the molecule is CCCCCCCCOP1OCC2(CO1)COP(Oc1ccc(C)cc1C(C)(C)C)OC2. The maximum absolute atomic E-state index is 6.14. The van der Waals surface area contributed by atoms with E-state index in [2.05, 4.69) is 46.8 Å². The highest BCUT2D eigenvalue weighted by atomic mass is 31.2. The van der Waals surface area contributed by atoms with Crippen LogP contribution >= 0.6 is 17.2 Å². The highest BCUT2D eigenvalue weighted by Crippen LogP contribution is 2.53. The van der Waals surface area contributed by atoms with Crippen molar-refractivity contribution in [3.63, 3.8) is 0 Å². The summed E-state index contributed by atoms with van der Waals surface area (Å²) in [4.78, 5) is 0. The first-order chi connectivity index (χ1) is 15.3. The van der Waals surface area contributed by atoms with Gasteiger partial charge in [0, 0.05) is 5.56 Å². The van der Waals surface area contributed by atoms with E-state index in [0.717, 1.165) is 17.7 Å². The highest BCUT2D eigenvalue weighted by molar-refractivity contribution is 7.42. The zero-order valence-corrected chi connectivity index (χ0v) is 22.1. The van der Waals surface area contributed by atoms with Crippen LogP contribution in [0, 0.1) is 12.3 Å². The molecule has 0 aliphatic carbocycles. The van der Waals surface area contributed by atoms with E-state index in [4.69, 9.17) is 27.1 Å². The lowest BCUT2D eigenvalue weighted by molar-refractivity contribution is -0.0719. The summed E-state index contributed by atoms with van der Waals surface area (Å²) >= 11 is 0. The van der Waals surface area contributed by atoms with Crippen LogP contribution in [-0.2, 0) is 28.0 Å². The van der Waals surface area contributed by atoms with E-state index in [0.29, 0.717) is 33.0 Å². The molecule has 0 aromatic heterocycles. The minimum absolute atomic E-state index is 0.0224. The van der Waals surface area contributed by atoms with Crippen LogP contribution in [-0.4, -0.2) is 33.0 Å². The second-order valence-corrected chi connectivity index (χ2v) is 12.4. The van der Waals surface area contributed by atoms with Gasteiger partial charge in [-0.2, -0.15) is 0 Å². The van der Waals surface area contributed by atoms with E-state index in [9.17, 15) is 0 Å². The summed E-state index contributed by atoms with van der Waals surface area (Å²) in [5.41, 5.74) is 2.06. The maximum atomic E-state index is 6.14. The maximum Gasteiger partial charge on any atom is 0.397 e. The smallest absolute Gasteiger partial charge is 0.397 e. The van der Waals surface area contributed by atoms with E-state index >= 15 is 0 Å². The number of rotatable bonds is 10. The van der Waals surface area contributed by atoms with Crippen LogP contribution in [0.25, 0.3) is 0 Å². The third-order valence-corrected chi connectivity index (χ3v) is 7.81. The van der Waals surface area contributed by atoms with E-state index in [1.807, 2.05) is 6.07 Å². The van der Waals surface area contributed by atoms with Crippen LogP contribution in [0.3, 0.4) is 0 Å². The summed E-state index contributed by atoms with van der Waals surface area (Å²) < 4.78 is 35.6. The molecule has 2 fully saturated rings. The van der Waals surface area contributed by atoms with E-state index < -0.39 is 17.2 Å². The molecule has 0 bridgehead atoms. The molecule has 2 aliphatic heterocycles. The minimum atomic E-state index is -1.44. The minimum Gasteiger partial charge on any atom is -0.426 e. The Kier molecular flexibility index (Phi) is 10.2. The number of unbranched alkanes of at least 4 members (excludes halogenated alkanes) is 5. The molecule has 1 aromatic carbocycles. The highest BCUT2D eigenvalue weighted by Gasteiger charge is 2.44. The fourth-order valence-corrected chi connectivity index (χ4v) is 6.14. The van der Waals surface area contributed by atoms with Crippen LogP contribution < -0.4 is 4.52 Å². The van der Waals surface area contributed by atoms with Crippen molar-refractivity contribution < 1.29 is 27.1 Å². The van der Waals surface area contributed by atoms with E-state index in [1.165, 1.54) is 37.7 Å². The summed E-state index contributed by atoms with van der Waals surface area (Å²) in [5.74, 6) is 0.827. The largest absolute Gasteiger partial charge is 0.426 e.